The Labute approximate surface area is 182 Å². The Morgan fingerprint density at radius 1 is 1.13 bits per heavy atom. The maximum absolute atomic E-state index is 12.4. The number of anilines is 3. The van der Waals surface area contributed by atoms with Crippen LogP contribution < -0.4 is 30.9 Å². The van der Waals surface area contributed by atoms with Crippen molar-refractivity contribution < 1.29 is 9.53 Å². The van der Waals surface area contributed by atoms with Crippen molar-refractivity contribution in [2.75, 3.05) is 55.4 Å². The zero-order chi connectivity index (χ0) is 21.5. The van der Waals surface area contributed by atoms with Crippen molar-refractivity contribution in [3.8, 4) is 5.75 Å². The van der Waals surface area contributed by atoms with Crippen LogP contribution in [-0.2, 0) is 11.3 Å². The van der Waals surface area contributed by atoms with Gasteiger partial charge in [-0.25, -0.2) is 0 Å². The van der Waals surface area contributed by atoms with Crippen LogP contribution in [0.5, 0.6) is 5.75 Å². The number of carbonyl (C=O) groups excluding carboxylic acids is 1. The number of ether oxygens (including phenoxy) is 1. The molecule has 2 aliphatic rings. The van der Waals surface area contributed by atoms with Crippen molar-refractivity contribution >= 4 is 23.8 Å². The number of piperazine rings is 1. The van der Waals surface area contributed by atoms with Crippen LogP contribution in [0.15, 0.2) is 24.3 Å². The van der Waals surface area contributed by atoms with E-state index in [4.69, 9.17) is 4.74 Å². The first-order chi connectivity index (χ1) is 15.2. The number of hydrogen-bond donors (Lipinski definition) is 4. The van der Waals surface area contributed by atoms with Crippen LogP contribution in [0.3, 0.4) is 0 Å². The molecule has 0 saturated carbocycles. The molecule has 4 N–H and O–H groups in total. The fourth-order valence-electron chi connectivity index (χ4n) is 3.71. The number of benzene rings is 1. The maximum atomic E-state index is 12.4. The zero-order valence-corrected chi connectivity index (χ0v) is 17.9. The monoisotopic (exact) mass is 426 g/mol. The highest BCUT2D eigenvalue weighted by molar-refractivity contribution is 5.84. The van der Waals surface area contributed by atoms with Gasteiger partial charge in [-0.3, -0.25) is 4.79 Å². The highest BCUT2D eigenvalue weighted by atomic mass is 16.5. The molecule has 3 heterocycles. The molecule has 10 heteroatoms. The minimum atomic E-state index is -0.341. The van der Waals surface area contributed by atoms with Gasteiger partial charge >= 0.3 is 0 Å². The molecule has 2 aromatic rings. The third-order valence-corrected chi connectivity index (χ3v) is 5.45. The Balaban J connectivity index is 1.54. The first-order valence-corrected chi connectivity index (χ1v) is 10.8. The predicted molar refractivity (Wildman–Crippen MR) is 120 cm³/mol. The Hall–Kier alpha value is -3.14. The van der Waals surface area contributed by atoms with E-state index in [2.05, 4.69) is 41.1 Å². The summed E-state index contributed by atoms with van der Waals surface area (Å²) in [7, 11) is 1.65. The maximum Gasteiger partial charge on any atom is 0.242 e. The van der Waals surface area contributed by atoms with E-state index < -0.39 is 0 Å². The number of aromatic nitrogens is 3. The molecule has 1 aromatic heterocycles. The lowest BCUT2D eigenvalue weighted by molar-refractivity contribution is -0.121. The number of nitrogens with one attached hydrogen (secondary N) is 4. The van der Waals surface area contributed by atoms with Gasteiger partial charge in [0.2, 0.25) is 23.8 Å². The third kappa shape index (κ3) is 5.72. The Morgan fingerprint density at radius 3 is 2.81 bits per heavy atom. The van der Waals surface area contributed by atoms with Gasteiger partial charge in [0.25, 0.3) is 0 Å². The Kier molecular flexibility index (Phi) is 6.98. The van der Waals surface area contributed by atoms with E-state index in [0.29, 0.717) is 30.9 Å². The second kappa shape index (κ2) is 10.3. The lowest BCUT2D eigenvalue weighted by Crippen LogP contribution is -2.44. The molecule has 0 aliphatic carbocycles. The van der Waals surface area contributed by atoms with Crippen molar-refractivity contribution in [2.24, 2.45) is 0 Å². The second-order valence-electron chi connectivity index (χ2n) is 7.71. The number of methoxy groups -OCH3 is 1. The molecule has 1 atom stereocenters. The molecule has 2 fully saturated rings. The summed E-state index contributed by atoms with van der Waals surface area (Å²) in [6.45, 7) is 4.67. The lowest BCUT2D eigenvalue weighted by Gasteiger charge is -2.28. The molecule has 166 valence electrons. The summed E-state index contributed by atoms with van der Waals surface area (Å²) < 4.78 is 5.30. The van der Waals surface area contributed by atoms with Crippen molar-refractivity contribution in [2.45, 2.75) is 31.8 Å². The lowest BCUT2D eigenvalue weighted by atomic mass is 10.1. The van der Waals surface area contributed by atoms with E-state index in [0.717, 1.165) is 56.8 Å². The SMILES string of the molecule is COc1cccc(CNc2nc(NC3CCCCNC3=O)nc(N3CCNCC3)n2)c1. The zero-order valence-electron chi connectivity index (χ0n) is 17.9. The van der Waals surface area contributed by atoms with Crippen LogP contribution >= 0.6 is 0 Å². The minimum absolute atomic E-state index is 0.00692. The van der Waals surface area contributed by atoms with E-state index >= 15 is 0 Å². The van der Waals surface area contributed by atoms with E-state index in [1.165, 1.54) is 0 Å². The van der Waals surface area contributed by atoms with Gasteiger partial charge in [-0.05, 0) is 37.0 Å². The van der Waals surface area contributed by atoms with Crippen molar-refractivity contribution in [1.82, 2.24) is 25.6 Å². The highest BCUT2D eigenvalue weighted by Crippen LogP contribution is 2.18. The molecule has 1 unspecified atom stereocenters. The summed E-state index contributed by atoms with van der Waals surface area (Å²) in [4.78, 5) is 28.3. The largest absolute Gasteiger partial charge is 0.497 e. The number of rotatable bonds is 7. The summed E-state index contributed by atoms with van der Waals surface area (Å²) in [6, 6.07) is 7.51. The van der Waals surface area contributed by atoms with Crippen LogP contribution in [0.4, 0.5) is 17.8 Å². The summed E-state index contributed by atoms with van der Waals surface area (Å²) >= 11 is 0. The number of hydrogen-bond acceptors (Lipinski definition) is 9. The molecule has 4 rings (SSSR count). The fourth-order valence-corrected chi connectivity index (χ4v) is 3.71. The molecule has 0 spiro atoms. The van der Waals surface area contributed by atoms with Crippen LogP contribution in [0.1, 0.15) is 24.8 Å². The van der Waals surface area contributed by atoms with Gasteiger partial charge in [-0.1, -0.05) is 12.1 Å². The average molecular weight is 427 g/mol. The van der Waals surface area contributed by atoms with Crippen LogP contribution in [0.2, 0.25) is 0 Å². The number of nitrogens with zero attached hydrogens (tertiary/aromatic N) is 4. The normalized spacial score (nSPS) is 19.3. The van der Waals surface area contributed by atoms with Gasteiger partial charge in [0.15, 0.2) is 0 Å². The van der Waals surface area contributed by atoms with Gasteiger partial charge in [0.05, 0.1) is 7.11 Å². The molecule has 2 aliphatic heterocycles. The van der Waals surface area contributed by atoms with Crippen LogP contribution in [0.25, 0.3) is 0 Å². The first-order valence-electron chi connectivity index (χ1n) is 10.8. The van der Waals surface area contributed by atoms with Crippen molar-refractivity contribution in [3.05, 3.63) is 29.8 Å². The van der Waals surface area contributed by atoms with E-state index in [9.17, 15) is 4.79 Å². The summed E-state index contributed by atoms with van der Waals surface area (Å²) in [6.07, 6.45) is 2.72. The molecular weight excluding hydrogens is 396 g/mol. The molecule has 2 saturated heterocycles. The average Bonchev–Trinajstić information content (AvgIpc) is 3.02. The molecule has 1 amide bonds. The standard InChI is InChI=1S/C21H30N8O2/c1-31-16-6-4-5-15(13-16)14-24-19-26-20(25-17-7-2-3-8-23-18(17)30)28-21(27-19)29-11-9-22-10-12-29/h4-6,13,17,22H,2-3,7-12,14H2,1H3,(H,23,30)(H2,24,25,26,27,28). The van der Waals surface area contributed by atoms with Crippen LogP contribution in [-0.4, -0.2) is 66.7 Å². The van der Waals surface area contributed by atoms with E-state index in [-0.39, 0.29) is 11.9 Å². The van der Waals surface area contributed by atoms with Gasteiger partial charge in [-0.15, -0.1) is 0 Å². The van der Waals surface area contributed by atoms with Crippen molar-refractivity contribution in [3.63, 3.8) is 0 Å². The summed E-state index contributed by atoms with van der Waals surface area (Å²) in [5.41, 5.74) is 1.06. The molecule has 0 radical (unpaired) electrons. The first kappa shape index (κ1) is 21.1. The third-order valence-electron chi connectivity index (χ3n) is 5.45. The van der Waals surface area contributed by atoms with E-state index in [1.807, 2.05) is 24.3 Å². The summed E-state index contributed by atoms with van der Waals surface area (Å²) in [5.74, 6) is 2.30. The number of amides is 1. The predicted octanol–water partition coefficient (Wildman–Crippen LogP) is 0.983. The quantitative estimate of drug-likeness (QED) is 0.514. The van der Waals surface area contributed by atoms with E-state index in [1.54, 1.807) is 7.11 Å². The molecule has 31 heavy (non-hydrogen) atoms. The smallest absolute Gasteiger partial charge is 0.242 e. The van der Waals surface area contributed by atoms with Gasteiger partial charge in [0, 0.05) is 39.3 Å². The second-order valence-corrected chi connectivity index (χ2v) is 7.71. The van der Waals surface area contributed by atoms with Gasteiger partial charge in [-0.2, -0.15) is 15.0 Å². The van der Waals surface area contributed by atoms with Crippen LogP contribution in [0, 0.1) is 0 Å². The fraction of sp³-hybridized carbons (Fsp3) is 0.524. The van der Waals surface area contributed by atoms with Gasteiger partial charge in [0.1, 0.15) is 11.8 Å². The molecule has 1 aromatic carbocycles. The minimum Gasteiger partial charge on any atom is -0.497 e. The molecular formula is C21H30N8O2. The van der Waals surface area contributed by atoms with Gasteiger partial charge < -0.3 is 30.9 Å². The van der Waals surface area contributed by atoms with Crippen molar-refractivity contribution in [1.29, 1.82) is 0 Å². The Morgan fingerprint density at radius 2 is 1.97 bits per heavy atom. The summed E-state index contributed by atoms with van der Waals surface area (Å²) in [5, 5.41) is 12.8. The number of carbonyl (C=O) groups is 1. The molecule has 10 nitrogen and oxygen atoms in total. The Bertz CT molecular complexity index is 887. The molecule has 0 bridgehead atoms. The topological polar surface area (TPSA) is 116 Å². The highest BCUT2D eigenvalue weighted by Gasteiger charge is 2.23.